The van der Waals surface area contributed by atoms with Gasteiger partial charge in [-0.25, -0.2) is 0 Å². The van der Waals surface area contributed by atoms with Crippen LogP contribution in [0.5, 0.6) is 0 Å². The normalized spacial score (nSPS) is 15.1. The van der Waals surface area contributed by atoms with Crippen LogP contribution >= 0.6 is 0 Å². The van der Waals surface area contributed by atoms with Crippen molar-refractivity contribution in [2.45, 2.75) is 25.4 Å². The minimum Gasteiger partial charge on any atom is -0.346 e. The molecule has 1 unspecified atom stereocenters. The number of amides is 2. The van der Waals surface area contributed by atoms with Gasteiger partial charge in [-0.15, -0.1) is 0 Å². The lowest BCUT2D eigenvalue weighted by atomic mass is 9.97. The highest BCUT2D eigenvalue weighted by Crippen LogP contribution is 2.30. The van der Waals surface area contributed by atoms with Crippen molar-refractivity contribution in [2.75, 3.05) is 19.6 Å². The van der Waals surface area contributed by atoms with E-state index < -0.39 is 11.8 Å². The molecule has 30 heavy (non-hydrogen) atoms. The summed E-state index contributed by atoms with van der Waals surface area (Å²) >= 11 is 0. The number of nitrogens with zero attached hydrogens (tertiary/aromatic N) is 1. The van der Waals surface area contributed by atoms with Crippen molar-refractivity contribution in [3.8, 4) is 0 Å². The molecule has 0 spiro atoms. The molecule has 1 aliphatic heterocycles. The van der Waals surface area contributed by atoms with E-state index >= 15 is 0 Å². The molecule has 1 fully saturated rings. The van der Waals surface area contributed by atoms with Crippen molar-refractivity contribution >= 4 is 22.6 Å². The standard InChI is InChI=1S/C25H27N3O2/c29-24(26-17-19-9-2-1-3-10-19)25(30)27-18-23(28-15-6-7-16-28)22-14-8-12-20-11-4-5-13-21(20)22/h1-5,8-14,23H,6-7,15-18H2,(H,26,29)(H,27,30). The Morgan fingerprint density at radius 2 is 1.47 bits per heavy atom. The van der Waals surface area contributed by atoms with Crippen molar-refractivity contribution in [1.29, 1.82) is 0 Å². The smallest absolute Gasteiger partial charge is 0.309 e. The van der Waals surface area contributed by atoms with Crippen LogP contribution in [-0.2, 0) is 16.1 Å². The SMILES string of the molecule is O=C(NCc1ccccc1)C(=O)NCC(c1cccc2ccccc12)N1CCCC1. The number of rotatable bonds is 6. The highest BCUT2D eigenvalue weighted by molar-refractivity contribution is 6.35. The molecule has 2 amide bonds. The van der Waals surface area contributed by atoms with E-state index in [1.807, 2.05) is 42.5 Å². The van der Waals surface area contributed by atoms with Crippen LogP contribution in [0.15, 0.2) is 72.8 Å². The number of benzene rings is 3. The zero-order chi connectivity index (χ0) is 20.8. The Morgan fingerprint density at radius 3 is 2.27 bits per heavy atom. The molecule has 1 heterocycles. The fourth-order valence-electron chi connectivity index (χ4n) is 4.16. The van der Waals surface area contributed by atoms with E-state index in [1.54, 1.807) is 0 Å². The first kappa shape index (κ1) is 20.1. The number of fused-ring (bicyclic) bond motifs is 1. The zero-order valence-electron chi connectivity index (χ0n) is 17.0. The van der Waals surface area contributed by atoms with E-state index in [1.165, 1.54) is 16.3 Å². The third-order valence-corrected chi connectivity index (χ3v) is 5.72. The number of carbonyl (C=O) groups is 2. The summed E-state index contributed by atoms with van der Waals surface area (Å²) in [6.45, 7) is 2.76. The Morgan fingerprint density at radius 1 is 0.800 bits per heavy atom. The summed E-state index contributed by atoms with van der Waals surface area (Å²) in [6, 6.07) is 24.2. The summed E-state index contributed by atoms with van der Waals surface area (Å²) in [5, 5.41) is 7.94. The molecule has 0 radical (unpaired) electrons. The number of hydrogen-bond acceptors (Lipinski definition) is 3. The molecular weight excluding hydrogens is 374 g/mol. The van der Waals surface area contributed by atoms with E-state index in [9.17, 15) is 9.59 Å². The zero-order valence-corrected chi connectivity index (χ0v) is 17.0. The van der Waals surface area contributed by atoms with Gasteiger partial charge in [0.25, 0.3) is 0 Å². The van der Waals surface area contributed by atoms with Crippen LogP contribution in [0, 0.1) is 0 Å². The van der Waals surface area contributed by atoms with Crippen LogP contribution in [0.1, 0.15) is 30.0 Å². The van der Waals surface area contributed by atoms with Gasteiger partial charge in [0.15, 0.2) is 0 Å². The second-order valence-corrected chi connectivity index (χ2v) is 7.71. The van der Waals surface area contributed by atoms with Crippen molar-refractivity contribution in [3.05, 3.63) is 83.9 Å². The highest BCUT2D eigenvalue weighted by atomic mass is 16.2. The first-order valence-corrected chi connectivity index (χ1v) is 10.5. The van der Waals surface area contributed by atoms with Crippen LogP contribution < -0.4 is 10.6 Å². The molecule has 0 aromatic heterocycles. The number of carbonyl (C=O) groups excluding carboxylic acids is 2. The average Bonchev–Trinajstić information content (AvgIpc) is 3.33. The quantitative estimate of drug-likeness (QED) is 0.623. The van der Waals surface area contributed by atoms with Crippen molar-refractivity contribution in [2.24, 2.45) is 0 Å². The van der Waals surface area contributed by atoms with E-state index in [0.717, 1.165) is 31.5 Å². The van der Waals surface area contributed by atoms with Gasteiger partial charge in [0.05, 0.1) is 6.04 Å². The van der Waals surface area contributed by atoms with Gasteiger partial charge in [0.2, 0.25) is 0 Å². The lowest BCUT2D eigenvalue weighted by Gasteiger charge is -2.29. The predicted molar refractivity (Wildman–Crippen MR) is 119 cm³/mol. The summed E-state index contributed by atoms with van der Waals surface area (Å²) in [7, 11) is 0. The van der Waals surface area contributed by atoms with Crippen LogP contribution in [-0.4, -0.2) is 36.3 Å². The Balaban J connectivity index is 1.45. The van der Waals surface area contributed by atoms with Crippen molar-refractivity contribution in [3.63, 3.8) is 0 Å². The Labute approximate surface area is 177 Å². The van der Waals surface area contributed by atoms with Gasteiger partial charge in [0, 0.05) is 13.1 Å². The highest BCUT2D eigenvalue weighted by Gasteiger charge is 2.26. The van der Waals surface area contributed by atoms with Gasteiger partial charge < -0.3 is 10.6 Å². The molecule has 5 heteroatoms. The Hall–Kier alpha value is -3.18. The molecule has 0 aliphatic carbocycles. The molecule has 0 bridgehead atoms. The van der Waals surface area contributed by atoms with E-state index in [2.05, 4.69) is 45.9 Å². The molecule has 154 valence electrons. The van der Waals surface area contributed by atoms with Gasteiger partial charge in [-0.3, -0.25) is 14.5 Å². The second kappa shape index (κ2) is 9.55. The lowest BCUT2D eigenvalue weighted by Crippen LogP contribution is -2.43. The molecule has 1 atom stereocenters. The van der Waals surface area contributed by atoms with Crippen molar-refractivity contribution in [1.82, 2.24) is 15.5 Å². The summed E-state index contributed by atoms with van der Waals surface area (Å²) in [6.07, 6.45) is 2.32. The third kappa shape index (κ3) is 4.69. The summed E-state index contributed by atoms with van der Waals surface area (Å²) in [5.74, 6) is -1.19. The van der Waals surface area contributed by atoms with Crippen LogP contribution in [0.3, 0.4) is 0 Å². The topological polar surface area (TPSA) is 61.4 Å². The first-order chi connectivity index (χ1) is 14.7. The van der Waals surface area contributed by atoms with Gasteiger partial charge in [-0.2, -0.15) is 0 Å². The van der Waals surface area contributed by atoms with Gasteiger partial charge >= 0.3 is 11.8 Å². The first-order valence-electron chi connectivity index (χ1n) is 10.5. The van der Waals surface area contributed by atoms with Crippen molar-refractivity contribution < 1.29 is 9.59 Å². The lowest BCUT2D eigenvalue weighted by molar-refractivity contribution is -0.139. The van der Waals surface area contributed by atoms with E-state index in [0.29, 0.717) is 13.1 Å². The number of hydrogen-bond donors (Lipinski definition) is 2. The van der Waals surface area contributed by atoms with Gasteiger partial charge in [-0.05, 0) is 47.8 Å². The molecule has 0 saturated carbocycles. The second-order valence-electron chi connectivity index (χ2n) is 7.71. The van der Waals surface area contributed by atoms with Crippen LogP contribution in [0.2, 0.25) is 0 Å². The number of likely N-dealkylation sites (tertiary alicyclic amines) is 1. The van der Waals surface area contributed by atoms with Crippen LogP contribution in [0.4, 0.5) is 0 Å². The molecule has 3 aromatic carbocycles. The predicted octanol–water partition coefficient (Wildman–Crippen LogP) is 3.41. The summed E-state index contributed by atoms with van der Waals surface area (Å²) in [4.78, 5) is 27.1. The fourth-order valence-corrected chi connectivity index (χ4v) is 4.16. The molecule has 5 nitrogen and oxygen atoms in total. The molecule has 1 saturated heterocycles. The minimum absolute atomic E-state index is 0.0458. The van der Waals surface area contributed by atoms with E-state index in [4.69, 9.17) is 0 Å². The fraction of sp³-hybridized carbons (Fsp3) is 0.280. The molecule has 4 rings (SSSR count). The number of nitrogens with one attached hydrogen (secondary N) is 2. The third-order valence-electron chi connectivity index (χ3n) is 5.72. The van der Waals surface area contributed by atoms with E-state index in [-0.39, 0.29) is 6.04 Å². The molecule has 1 aliphatic rings. The molecule has 2 N–H and O–H groups in total. The Bertz CT molecular complexity index is 1010. The Kier molecular flexibility index (Phi) is 6.40. The maximum atomic E-state index is 12.4. The van der Waals surface area contributed by atoms with Crippen LogP contribution in [0.25, 0.3) is 10.8 Å². The van der Waals surface area contributed by atoms with Gasteiger partial charge in [0.1, 0.15) is 0 Å². The van der Waals surface area contributed by atoms with Gasteiger partial charge in [-0.1, -0.05) is 72.8 Å². The summed E-state index contributed by atoms with van der Waals surface area (Å²) < 4.78 is 0. The largest absolute Gasteiger partial charge is 0.346 e. The average molecular weight is 402 g/mol. The maximum Gasteiger partial charge on any atom is 0.309 e. The molecular formula is C25H27N3O2. The molecule has 3 aromatic rings. The minimum atomic E-state index is -0.600. The monoisotopic (exact) mass is 401 g/mol. The summed E-state index contributed by atoms with van der Waals surface area (Å²) in [5.41, 5.74) is 2.16. The maximum absolute atomic E-state index is 12.4.